The van der Waals surface area contributed by atoms with E-state index in [0.717, 1.165) is 0 Å². The van der Waals surface area contributed by atoms with E-state index in [4.69, 9.17) is 11.0 Å². The molecule has 1 aromatic rings. The van der Waals surface area contributed by atoms with Gasteiger partial charge in [0.25, 0.3) is 5.91 Å². The minimum atomic E-state index is -0.871. The Morgan fingerprint density at radius 1 is 1.54 bits per heavy atom. The number of carbonyl (C=O) groups excluding carboxylic acids is 1. The highest BCUT2D eigenvalue weighted by molar-refractivity contribution is 5.93. The number of carbonyl (C=O) groups is 1. The van der Waals surface area contributed by atoms with E-state index < -0.39 is 11.7 Å². The van der Waals surface area contributed by atoms with Crippen molar-refractivity contribution in [1.29, 1.82) is 5.26 Å². The quantitative estimate of drug-likeness (QED) is 0.741. The molecule has 68 valence electrons. The van der Waals surface area contributed by atoms with Gasteiger partial charge in [-0.3, -0.25) is 4.79 Å². The summed E-state index contributed by atoms with van der Waals surface area (Å²) in [5.74, 6) is -1.72. The van der Waals surface area contributed by atoms with Crippen LogP contribution in [0.5, 0.6) is 0 Å². The molecular formula is C8H6ClFN2O. The summed E-state index contributed by atoms with van der Waals surface area (Å²) in [7, 11) is 0. The lowest BCUT2D eigenvalue weighted by Crippen LogP contribution is -2.13. The lowest BCUT2D eigenvalue weighted by atomic mass is 10.1. The van der Waals surface area contributed by atoms with Crippen LogP contribution in [0.25, 0.3) is 0 Å². The zero-order valence-electron chi connectivity index (χ0n) is 6.45. The Balaban J connectivity index is 0.00000144. The van der Waals surface area contributed by atoms with Crippen LogP contribution in [0.3, 0.4) is 0 Å². The van der Waals surface area contributed by atoms with Gasteiger partial charge in [-0.2, -0.15) is 5.26 Å². The zero-order valence-corrected chi connectivity index (χ0v) is 7.27. The van der Waals surface area contributed by atoms with Gasteiger partial charge in [0, 0.05) is 0 Å². The first-order chi connectivity index (χ1) is 5.66. The van der Waals surface area contributed by atoms with Crippen molar-refractivity contribution in [1.82, 2.24) is 0 Å². The van der Waals surface area contributed by atoms with Crippen molar-refractivity contribution < 1.29 is 9.18 Å². The van der Waals surface area contributed by atoms with Crippen LogP contribution in [0.2, 0.25) is 0 Å². The monoisotopic (exact) mass is 200 g/mol. The molecule has 0 atom stereocenters. The van der Waals surface area contributed by atoms with Gasteiger partial charge in [0.2, 0.25) is 0 Å². The maximum atomic E-state index is 13.0. The van der Waals surface area contributed by atoms with E-state index in [0.29, 0.717) is 0 Å². The maximum Gasteiger partial charge on any atom is 0.251 e. The molecule has 0 heterocycles. The summed E-state index contributed by atoms with van der Waals surface area (Å²) in [4.78, 5) is 10.6. The van der Waals surface area contributed by atoms with Crippen LogP contribution in [-0.2, 0) is 0 Å². The molecule has 0 spiro atoms. The van der Waals surface area contributed by atoms with Gasteiger partial charge in [-0.15, -0.1) is 12.4 Å². The molecule has 0 aliphatic carbocycles. The van der Waals surface area contributed by atoms with Crippen molar-refractivity contribution >= 4 is 18.3 Å². The summed E-state index contributed by atoms with van der Waals surface area (Å²) >= 11 is 0. The van der Waals surface area contributed by atoms with Gasteiger partial charge in [-0.05, 0) is 12.1 Å². The Morgan fingerprint density at radius 2 is 2.15 bits per heavy atom. The first-order valence-corrected chi connectivity index (χ1v) is 3.15. The number of benzene rings is 1. The number of halogens is 2. The molecule has 0 aliphatic heterocycles. The van der Waals surface area contributed by atoms with Crippen molar-refractivity contribution in [3.8, 4) is 6.07 Å². The van der Waals surface area contributed by atoms with Crippen LogP contribution in [0, 0.1) is 17.1 Å². The van der Waals surface area contributed by atoms with Gasteiger partial charge in [-0.1, -0.05) is 6.07 Å². The fourth-order valence-corrected chi connectivity index (χ4v) is 0.809. The molecule has 0 unspecified atom stereocenters. The van der Waals surface area contributed by atoms with Crippen molar-refractivity contribution in [2.24, 2.45) is 5.73 Å². The molecular weight excluding hydrogens is 195 g/mol. The molecule has 0 fully saturated rings. The van der Waals surface area contributed by atoms with Gasteiger partial charge in [-0.25, -0.2) is 4.39 Å². The van der Waals surface area contributed by atoms with Crippen LogP contribution in [-0.4, -0.2) is 5.91 Å². The smallest absolute Gasteiger partial charge is 0.251 e. The maximum absolute atomic E-state index is 13.0. The largest absolute Gasteiger partial charge is 0.366 e. The van der Waals surface area contributed by atoms with E-state index in [9.17, 15) is 9.18 Å². The average Bonchev–Trinajstić information content (AvgIpc) is 2.04. The predicted molar refractivity (Wildman–Crippen MR) is 46.9 cm³/mol. The number of nitrogens with zero attached hydrogens (tertiary/aromatic N) is 1. The number of rotatable bonds is 1. The molecule has 1 aromatic carbocycles. The second-order valence-electron chi connectivity index (χ2n) is 2.14. The lowest BCUT2D eigenvalue weighted by molar-refractivity contribution is 0.0996. The van der Waals surface area contributed by atoms with Crippen molar-refractivity contribution in [3.63, 3.8) is 0 Å². The average molecular weight is 201 g/mol. The molecule has 0 aromatic heterocycles. The molecule has 1 rings (SSSR count). The Hall–Kier alpha value is -1.60. The van der Waals surface area contributed by atoms with E-state index in [2.05, 4.69) is 0 Å². The normalized spacial score (nSPS) is 8.31. The molecule has 13 heavy (non-hydrogen) atoms. The first-order valence-electron chi connectivity index (χ1n) is 3.15. The molecule has 3 nitrogen and oxygen atoms in total. The third-order valence-corrected chi connectivity index (χ3v) is 1.38. The van der Waals surface area contributed by atoms with E-state index in [-0.39, 0.29) is 23.5 Å². The predicted octanol–water partition coefficient (Wildman–Crippen LogP) is 1.22. The molecule has 5 heteroatoms. The van der Waals surface area contributed by atoms with E-state index in [1.165, 1.54) is 18.2 Å². The van der Waals surface area contributed by atoms with Crippen LogP contribution < -0.4 is 5.73 Å². The summed E-state index contributed by atoms with van der Waals surface area (Å²) in [5, 5.41) is 8.38. The Bertz CT molecular complexity index is 373. The lowest BCUT2D eigenvalue weighted by Gasteiger charge is -1.97. The third-order valence-electron chi connectivity index (χ3n) is 1.38. The van der Waals surface area contributed by atoms with Crippen molar-refractivity contribution in [3.05, 3.63) is 35.1 Å². The molecule has 0 saturated heterocycles. The van der Waals surface area contributed by atoms with Gasteiger partial charge in [0.15, 0.2) is 5.82 Å². The molecule has 2 N–H and O–H groups in total. The highest BCUT2D eigenvalue weighted by Crippen LogP contribution is 2.10. The SMILES string of the molecule is Cl.N#Cc1cccc(C(N)=O)c1F. The first kappa shape index (κ1) is 11.4. The standard InChI is InChI=1S/C8H5FN2O.ClH/c9-7-5(4-10)2-1-3-6(7)8(11)12;/h1-3H,(H2,11,12);1H. The van der Waals surface area contributed by atoms with Gasteiger partial charge < -0.3 is 5.73 Å². The Kier molecular flexibility index (Phi) is 3.89. The van der Waals surface area contributed by atoms with E-state index in [1.54, 1.807) is 6.07 Å². The number of primary amides is 1. The summed E-state index contributed by atoms with van der Waals surface area (Å²) in [6.45, 7) is 0. The van der Waals surface area contributed by atoms with Gasteiger partial charge in [0.05, 0.1) is 11.1 Å². The van der Waals surface area contributed by atoms with Gasteiger partial charge >= 0.3 is 0 Å². The summed E-state index contributed by atoms with van der Waals surface area (Å²) < 4.78 is 13.0. The Labute approximate surface area is 80.4 Å². The highest BCUT2D eigenvalue weighted by Gasteiger charge is 2.10. The summed E-state index contributed by atoms with van der Waals surface area (Å²) in [6.07, 6.45) is 0. The fraction of sp³-hybridized carbons (Fsp3) is 0. The Morgan fingerprint density at radius 3 is 2.62 bits per heavy atom. The summed E-state index contributed by atoms with van der Waals surface area (Å²) in [5.41, 5.74) is 4.42. The third kappa shape index (κ3) is 2.17. The molecule has 0 aliphatic rings. The molecule has 1 amide bonds. The van der Waals surface area contributed by atoms with E-state index in [1.807, 2.05) is 0 Å². The van der Waals surface area contributed by atoms with Crippen LogP contribution in [0.1, 0.15) is 15.9 Å². The molecule has 0 bridgehead atoms. The molecule has 0 saturated carbocycles. The fourth-order valence-electron chi connectivity index (χ4n) is 0.809. The zero-order chi connectivity index (χ0) is 9.14. The highest BCUT2D eigenvalue weighted by atomic mass is 35.5. The number of hydrogen-bond donors (Lipinski definition) is 1. The summed E-state index contributed by atoms with van der Waals surface area (Å²) in [6, 6.07) is 5.53. The minimum Gasteiger partial charge on any atom is -0.366 e. The number of hydrogen-bond acceptors (Lipinski definition) is 2. The van der Waals surface area contributed by atoms with Crippen molar-refractivity contribution in [2.45, 2.75) is 0 Å². The number of amides is 1. The molecule has 0 radical (unpaired) electrons. The minimum absolute atomic E-state index is 0. The van der Waals surface area contributed by atoms with E-state index >= 15 is 0 Å². The van der Waals surface area contributed by atoms with Crippen LogP contribution >= 0.6 is 12.4 Å². The van der Waals surface area contributed by atoms with Crippen LogP contribution in [0.4, 0.5) is 4.39 Å². The van der Waals surface area contributed by atoms with Crippen molar-refractivity contribution in [2.75, 3.05) is 0 Å². The second kappa shape index (κ2) is 4.43. The van der Waals surface area contributed by atoms with Gasteiger partial charge in [0.1, 0.15) is 6.07 Å². The topological polar surface area (TPSA) is 66.9 Å². The number of nitrogens with two attached hydrogens (primary N) is 1. The number of nitriles is 1. The second-order valence-corrected chi connectivity index (χ2v) is 2.14. The van der Waals surface area contributed by atoms with Crippen LogP contribution in [0.15, 0.2) is 18.2 Å².